The Kier molecular flexibility index (Phi) is 3.08. The second-order valence-electron chi connectivity index (χ2n) is 5.84. The minimum absolute atomic E-state index is 0.138. The molecule has 118 valence electrons. The van der Waals surface area contributed by atoms with E-state index in [9.17, 15) is 0 Å². The number of hydrogen-bond acceptors (Lipinski definition) is 5. The van der Waals surface area contributed by atoms with Gasteiger partial charge in [-0.3, -0.25) is 5.10 Å². The van der Waals surface area contributed by atoms with Crippen molar-refractivity contribution in [3.63, 3.8) is 0 Å². The van der Waals surface area contributed by atoms with Crippen LogP contribution in [0, 0.1) is 0 Å². The van der Waals surface area contributed by atoms with Crippen molar-refractivity contribution in [1.29, 1.82) is 0 Å². The van der Waals surface area contributed by atoms with Gasteiger partial charge in [0.05, 0.1) is 0 Å². The van der Waals surface area contributed by atoms with Crippen LogP contribution in [0.3, 0.4) is 0 Å². The predicted molar refractivity (Wildman–Crippen MR) is 96.2 cm³/mol. The molecule has 0 spiro atoms. The zero-order chi connectivity index (χ0) is 16.0. The number of hydrogen-bond donors (Lipinski definition) is 1. The molecule has 0 aliphatic heterocycles. The normalized spacial score (nSPS) is 15.5. The van der Waals surface area contributed by atoms with Crippen LogP contribution in [0.4, 0.5) is 0 Å². The number of fused-ring (bicyclic) bond motifs is 1. The van der Waals surface area contributed by atoms with Gasteiger partial charge in [-0.05, 0) is 44.8 Å². The molecule has 4 nitrogen and oxygen atoms in total. The second-order valence-corrected chi connectivity index (χ2v) is 7.40. The molecule has 0 amide bonds. The zero-order valence-corrected chi connectivity index (χ0v) is 14.2. The van der Waals surface area contributed by atoms with Crippen LogP contribution in [0.1, 0.15) is 22.4 Å². The van der Waals surface area contributed by atoms with E-state index in [0.29, 0.717) is 0 Å². The Morgan fingerprint density at radius 2 is 1.92 bits per heavy atom. The largest absolute Gasteiger partial charge is 0.451 e. The lowest BCUT2D eigenvalue weighted by atomic mass is 9.70. The summed E-state index contributed by atoms with van der Waals surface area (Å²) in [6.07, 6.45) is 8.39. The van der Waals surface area contributed by atoms with Crippen LogP contribution in [-0.2, 0) is 11.8 Å². The van der Waals surface area contributed by atoms with E-state index in [-0.39, 0.29) is 5.41 Å². The monoisotopic (exact) mass is 351 g/mol. The first-order valence-corrected chi connectivity index (χ1v) is 9.46. The van der Waals surface area contributed by atoms with Crippen LogP contribution in [0.2, 0.25) is 0 Å². The van der Waals surface area contributed by atoms with E-state index in [2.05, 4.69) is 61.0 Å². The van der Waals surface area contributed by atoms with Crippen molar-refractivity contribution in [3.05, 3.63) is 74.8 Å². The molecule has 4 aromatic rings. The second kappa shape index (κ2) is 5.29. The van der Waals surface area contributed by atoms with Crippen molar-refractivity contribution in [2.75, 3.05) is 0 Å². The molecule has 0 atom stereocenters. The Morgan fingerprint density at radius 3 is 2.54 bits per heavy atom. The third-order valence-corrected chi connectivity index (χ3v) is 5.99. The smallest absolute Gasteiger partial charge is 0.181 e. The first-order valence-electron chi connectivity index (χ1n) is 7.57. The van der Waals surface area contributed by atoms with Crippen LogP contribution in [0.25, 0.3) is 17.5 Å². The molecule has 1 N–H and O–H groups in total. The average molecular weight is 351 g/mol. The highest BCUT2D eigenvalue weighted by Crippen LogP contribution is 2.44. The summed E-state index contributed by atoms with van der Waals surface area (Å²) < 4.78 is 5.10. The quantitative estimate of drug-likeness (QED) is 0.580. The van der Waals surface area contributed by atoms with E-state index in [0.717, 1.165) is 29.1 Å². The fraction of sp³-hybridized carbons (Fsp3) is 0.111. The van der Waals surface area contributed by atoms with Gasteiger partial charge in [0.1, 0.15) is 17.7 Å². The fourth-order valence-corrected chi connectivity index (χ4v) is 4.87. The van der Waals surface area contributed by atoms with Crippen molar-refractivity contribution >= 4 is 28.7 Å². The third-order valence-electron chi connectivity index (χ3n) is 4.62. The highest BCUT2D eigenvalue weighted by atomic mass is 32.1. The Bertz CT molecular complexity index is 945. The maximum Gasteiger partial charge on any atom is 0.181 e. The molecule has 0 saturated carbocycles. The van der Waals surface area contributed by atoms with E-state index in [1.54, 1.807) is 28.9 Å². The van der Waals surface area contributed by atoms with Gasteiger partial charge in [0.2, 0.25) is 0 Å². The maximum atomic E-state index is 5.10. The van der Waals surface area contributed by atoms with Crippen LogP contribution in [0.15, 0.2) is 56.8 Å². The summed E-state index contributed by atoms with van der Waals surface area (Å²) in [6.45, 7) is 0. The van der Waals surface area contributed by atoms with Crippen LogP contribution in [0.5, 0.6) is 0 Å². The SMILES string of the molecule is C1=CC(c2ccsc2)(c2ccsc2)Cc2[nH]nc(-c3cocn3)c21. The zero-order valence-electron chi connectivity index (χ0n) is 12.6. The molecule has 0 radical (unpaired) electrons. The van der Waals surface area contributed by atoms with Gasteiger partial charge in [-0.25, -0.2) is 4.98 Å². The predicted octanol–water partition coefficient (Wildman–Crippen LogP) is 4.74. The fourth-order valence-electron chi connectivity index (χ4n) is 3.39. The minimum Gasteiger partial charge on any atom is -0.451 e. The topological polar surface area (TPSA) is 54.7 Å². The summed E-state index contributed by atoms with van der Waals surface area (Å²) in [4.78, 5) is 4.22. The Morgan fingerprint density at radius 1 is 1.12 bits per heavy atom. The van der Waals surface area contributed by atoms with Gasteiger partial charge in [0, 0.05) is 23.1 Å². The van der Waals surface area contributed by atoms with Crippen LogP contribution >= 0.6 is 22.7 Å². The van der Waals surface area contributed by atoms with Crippen LogP contribution < -0.4 is 0 Å². The van der Waals surface area contributed by atoms with E-state index in [4.69, 9.17) is 4.42 Å². The van der Waals surface area contributed by atoms with E-state index < -0.39 is 0 Å². The van der Waals surface area contributed by atoms with Crippen molar-refractivity contribution in [3.8, 4) is 11.4 Å². The molecule has 0 bridgehead atoms. The molecule has 1 aliphatic carbocycles. The summed E-state index contributed by atoms with van der Waals surface area (Å²) in [5.41, 5.74) is 6.35. The maximum absolute atomic E-state index is 5.10. The van der Waals surface area contributed by atoms with Gasteiger partial charge < -0.3 is 4.42 Å². The van der Waals surface area contributed by atoms with Crippen molar-refractivity contribution < 1.29 is 4.42 Å². The number of aromatic amines is 1. The molecule has 24 heavy (non-hydrogen) atoms. The van der Waals surface area contributed by atoms with Gasteiger partial charge in [-0.2, -0.15) is 27.8 Å². The Labute approximate surface area is 146 Å². The van der Waals surface area contributed by atoms with Crippen molar-refractivity contribution in [2.45, 2.75) is 11.8 Å². The Hall–Kier alpha value is -2.44. The van der Waals surface area contributed by atoms with Crippen molar-refractivity contribution in [2.24, 2.45) is 0 Å². The molecule has 0 fully saturated rings. The molecule has 0 unspecified atom stereocenters. The number of H-pyrrole nitrogens is 1. The molecule has 6 heteroatoms. The molecule has 5 rings (SSSR count). The average Bonchev–Trinajstić information content (AvgIpc) is 3.43. The number of oxazole rings is 1. The minimum atomic E-state index is -0.138. The standard InChI is InChI=1S/C18H13N3OS2/c1-4-18(12-2-5-23-9-12,13-3-6-24-10-13)7-15-14(1)17(21-20-15)16-8-22-11-19-16/h1-6,8-11H,7H2,(H,20,21). The number of nitrogens with zero attached hydrogens (tertiary/aromatic N) is 2. The van der Waals surface area contributed by atoms with Gasteiger partial charge in [-0.15, -0.1) is 0 Å². The van der Waals surface area contributed by atoms with Gasteiger partial charge >= 0.3 is 0 Å². The Balaban J connectivity index is 1.66. The van der Waals surface area contributed by atoms with Gasteiger partial charge in [0.25, 0.3) is 0 Å². The summed E-state index contributed by atoms with van der Waals surface area (Å²) in [7, 11) is 0. The third kappa shape index (κ3) is 1.96. The first kappa shape index (κ1) is 13.9. The number of rotatable bonds is 3. The van der Waals surface area contributed by atoms with Gasteiger partial charge in [0.15, 0.2) is 6.39 Å². The molecular weight excluding hydrogens is 338 g/mol. The first-order chi connectivity index (χ1) is 11.9. The number of nitrogens with one attached hydrogen (secondary N) is 1. The molecule has 0 aromatic carbocycles. The molecule has 0 saturated heterocycles. The highest BCUT2D eigenvalue weighted by Gasteiger charge is 2.37. The lowest BCUT2D eigenvalue weighted by molar-refractivity contribution is 0.558. The number of thiophene rings is 2. The van der Waals surface area contributed by atoms with Crippen LogP contribution in [-0.4, -0.2) is 15.2 Å². The lowest BCUT2D eigenvalue weighted by Crippen LogP contribution is -2.29. The molecule has 4 heterocycles. The number of allylic oxidation sites excluding steroid dienone is 1. The lowest BCUT2D eigenvalue weighted by Gasteiger charge is -2.32. The highest BCUT2D eigenvalue weighted by molar-refractivity contribution is 7.08. The van der Waals surface area contributed by atoms with E-state index >= 15 is 0 Å². The van der Waals surface area contributed by atoms with Gasteiger partial charge in [-0.1, -0.05) is 12.2 Å². The molecule has 4 aromatic heterocycles. The summed E-state index contributed by atoms with van der Waals surface area (Å²) >= 11 is 3.47. The molecular formula is C18H13N3OS2. The number of aromatic nitrogens is 3. The summed E-state index contributed by atoms with van der Waals surface area (Å²) in [5.74, 6) is 0. The summed E-state index contributed by atoms with van der Waals surface area (Å²) in [5, 5.41) is 16.4. The van der Waals surface area contributed by atoms with E-state index in [1.807, 2.05) is 0 Å². The van der Waals surface area contributed by atoms with E-state index in [1.165, 1.54) is 17.5 Å². The molecule has 1 aliphatic rings. The summed E-state index contributed by atoms with van der Waals surface area (Å²) in [6, 6.07) is 4.43. The van der Waals surface area contributed by atoms with Crippen molar-refractivity contribution in [1.82, 2.24) is 15.2 Å².